The second-order valence-electron chi connectivity index (χ2n) is 2.54. The molecule has 2 aromatic rings. The third kappa shape index (κ3) is 1.58. The van der Waals surface area contributed by atoms with E-state index < -0.39 is 5.82 Å². The van der Waals surface area contributed by atoms with Crippen molar-refractivity contribution in [3.05, 3.63) is 32.9 Å². The van der Waals surface area contributed by atoms with Gasteiger partial charge in [-0.1, -0.05) is 11.6 Å². The zero-order valence-electron chi connectivity index (χ0n) is 6.56. The van der Waals surface area contributed by atoms with E-state index in [2.05, 4.69) is 25.9 Å². The summed E-state index contributed by atoms with van der Waals surface area (Å²) < 4.78 is 13.8. The van der Waals surface area contributed by atoms with Crippen LogP contribution in [0.1, 0.15) is 0 Å². The number of benzene rings is 1. The lowest BCUT2D eigenvalue weighted by Gasteiger charge is -2.02. The van der Waals surface area contributed by atoms with E-state index in [-0.39, 0.29) is 16.0 Å². The monoisotopic (exact) mass is 294 g/mol. The topological polar surface area (TPSA) is 25.8 Å². The fourth-order valence-corrected chi connectivity index (χ4v) is 1.84. The Labute approximate surface area is 97.2 Å². The molecule has 0 spiro atoms. The van der Waals surface area contributed by atoms with Crippen LogP contribution in [0.4, 0.5) is 4.39 Å². The van der Waals surface area contributed by atoms with Crippen LogP contribution in [0.15, 0.2) is 16.6 Å². The van der Waals surface area contributed by atoms with Crippen molar-refractivity contribution >= 4 is 50.0 Å². The van der Waals surface area contributed by atoms with Crippen LogP contribution < -0.4 is 0 Å². The number of hydrogen-bond donors (Lipinski definition) is 0. The maximum Gasteiger partial charge on any atom is 0.224 e. The third-order valence-corrected chi connectivity index (χ3v) is 2.76. The van der Waals surface area contributed by atoms with Gasteiger partial charge in [-0.2, -0.15) is 0 Å². The first-order valence-electron chi connectivity index (χ1n) is 3.56. The number of halogens is 4. The highest BCUT2D eigenvalue weighted by molar-refractivity contribution is 9.10. The van der Waals surface area contributed by atoms with Crippen molar-refractivity contribution in [2.45, 2.75) is 0 Å². The molecule has 0 aliphatic carbocycles. The van der Waals surface area contributed by atoms with Crippen LogP contribution in [0.3, 0.4) is 0 Å². The Bertz CT molecular complexity index is 518. The van der Waals surface area contributed by atoms with Gasteiger partial charge in [0, 0.05) is 5.39 Å². The largest absolute Gasteiger partial charge is 0.224 e. The highest BCUT2D eigenvalue weighted by atomic mass is 79.9. The normalized spacial score (nSPS) is 10.9. The maximum absolute atomic E-state index is 13.5. The summed E-state index contributed by atoms with van der Waals surface area (Å²) in [6, 6.07) is 3.17. The molecule has 0 saturated heterocycles. The molecule has 0 aliphatic rings. The Hall–Kier alpha value is -0.450. The van der Waals surface area contributed by atoms with Crippen LogP contribution in [-0.4, -0.2) is 9.97 Å². The lowest BCUT2D eigenvalue weighted by atomic mass is 10.2. The van der Waals surface area contributed by atoms with Crippen LogP contribution in [0.2, 0.25) is 10.4 Å². The van der Waals surface area contributed by atoms with Gasteiger partial charge < -0.3 is 0 Å². The Kier molecular flexibility index (Phi) is 2.60. The molecule has 72 valence electrons. The molecule has 0 fully saturated rings. The van der Waals surface area contributed by atoms with Gasteiger partial charge in [-0.15, -0.1) is 0 Å². The van der Waals surface area contributed by atoms with E-state index in [1.165, 1.54) is 0 Å². The predicted molar refractivity (Wildman–Crippen MR) is 57.2 cm³/mol. The minimum atomic E-state index is -0.492. The molecule has 6 heteroatoms. The van der Waals surface area contributed by atoms with Gasteiger partial charge in [0.05, 0.1) is 4.47 Å². The molecule has 0 atom stereocenters. The smallest absolute Gasteiger partial charge is 0.215 e. The fourth-order valence-electron chi connectivity index (χ4n) is 1.07. The molecule has 0 N–H and O–H groups in total. The van der Waals surface area contributed by atoms with E-state index >= 15 is 0 Å². The van der Waals surface area contributed by atoms with Crippen LogP contribution >= 0.6 is 39.1 Å². The Morgan fingerprint density at radius 2 is 1.93 bits per heavy atom. The van der Waals surface area contributed by atoms with Gasteiger partial charge in [-0.05, 0) is 39.7 Å². The zero-order valence-corrected chi connectivity index (χ0v) is 9.66. The molecular formula is C8H2BrCl2FN2. The summed E-state index contributed by atoms with van der Waals surface area (Å²) >= 11 is 14.4. The minimum absolute atomic E-state index is 0.0699. The number of hydrogen-bond acceptors (Lipinski definition) is 2. The van der Waals surface area contributed by atoms with Crippen molar-refractivity contribution in [3.63, 3.8) is 0 Å². The van der Waals surface area contributed by atoms with E-state index in [1.807, 2.05) is 0 Å². The first kappa shape index (κ1) is 10.1. The molecule has 0 saturated carbocycles. The van der Waals surface area contributed by atoms with Gasteiger partial charge >= 0.3 is 0 Å². The Balaban J connectivity index is 2.95. The molecular weight excluding hydrogens is 294 g/mol. The van der Waals surface area contributed by atoms with E-state index in [1.54, 1.807) is 12.1 Å². The molecule has 1 heterocycles. The summed E-state index contributed by atoms with van der Waals surface area (Å²) in [7, 11) is 0. The maximum atomic E-state index is 13.5. The van der Waals surface area contributed by atoms with Gasteiger partial charge in [-0.25, -0.2) is 14.4 Å². The lowest BCUT2D eigenvalue weighted by Crippen LogP contribution is -1.90. The van der Waals surface area contributed by atoms with Crippen molar-refractivity contribution in [2.75, 3.05) is 0 Å². The van der Waals surface area contributed by atoms with E-state index in [0.717, 1.165) is 0 Å². The third-order valence-electron chi connectivity index (χ3n) is 1.69. The second kappa shape index (κ2) is 3.61. The summed E-state index contributed by atoms with van der Waals surface area (Å²) in [5.74, 6) is -0.492. The summed E-state index contributed by atoms with van der Waals surface area (Å²) in [5.41, 5.74) is 0.115. The summed E-state index contributed by atoms with van der Waals surface area (Å²) in [4.78, 5) is 7.47. The molecule has 2 rings (SSSR count). The highest BCUT2D eigenvalue weighted by Gasteiger charge is 2.11. The van der Waals surface area contributed by atoms with Crippen LogP contribution in [-0.2, 0) is 0 Å². The summed E-state index contributed by atoms with van der Waals surface area (Å²) in [6.07, 6.45) is 0. The zero-order chi connectivity index (χ0) is 10.3. The molecule has 0 unspecified atom stereocenters. The molecule has 0 radical (unpaired) electrons. The molecule has 2 nitrogen and oxygen atoms in total. The SMILES string of the molecule is Fc1c(Br)ccc2c(Cl)nc(Cl)nc12. The van der Waals surface area contributed by atoms with Crippen molar-refractivity contribution in [3.8, 4) is 0 Å². The number of rotatable bonds is 0. The van der Waals surface area contributed by atoms with Gasteiger partial charge in [-0.3, -0.25) is 0 Å². The summed E-state index contributed by atoms with van der Waals surface area (Å²) in [6.45, 7) is 0. The molecule has 0 bridgehead atoms. The summed E-state index contributed by atoms with van der Waals surface area (Å²) in [5, 5.41) is 0.516. The molecule has 1 aromatic carbocycles. The molecule has 1 aromatic heterocycles. The van der Waals surface area contributed by atoms with Crippen LogP contribution in [0.25, 0.3) is 10.9 Å². The van der Waals surface area contributed by atoms with Crippen molar-refractivity contribution < 1.29 is 4.39 Å². The van der Waals surface area contributed by atoms with E-state index in [0.29, 0.717) is 9.86 Å². The Morgan fingerprint density at radius 3 is 2.64 bits per heavy atom. The van der Waals surface area contributed by atoms with Crippen molar-refractivity contribution in [1.29, 1.82) is 0 Å². The van der Waals surface area contributed by atoms with Gasteiger partial charge in [0.1, 0.15) is 10.7 Å². The van der Waals surface area contributed by atoms with Gasteiger partial charge in [0.2, 0.25) is 5.28 Å². The quantitative estimate of drug-likeness (QED) is 0.545. The fraction of sp³-hybridized carbons (Fsp3) is 0. The second-order valence-corrected chi connectivity index (χ2v) is 4.09. The molecule has 0 amide bonds. The van der Waals surface area contributed by atoms with Crippen LogP contribution in [0, 0.1) is 5.82 Å². The molecule has 14 heavy (non-hydrogen) atoms. The predicted octanol–water partition coefficient (Wildman–Crippen LogP) is 3.84. The number of aromatic nitrogens is 2. The van der Waals surface area contributed by atoms with Gasteiger partial charge in [0.15, 0.2) is 5.82 Å². The first-order valence-corrected chi connectivity index (χ1v) is 5.11. The number of nitrogens with zero attached hydrogens (tertiary/aromatic N) is 2. The van der Waals surface area contributed by atoms with Gasteiger partial charge in [0.25, 0.3) is 0 Å². The van der Waals surface area contributed by atoms with E-state index in [9.17, 15) is 4.39 Å². The average molecular weight is 296 g/mol. The average Bonchev–Trinajstić information content (AvgIpc) is 2.12. The Morgan fingerprint density at radius 1 is 1.21 bits per heavy atom. The molecule has 0 aliphatic heterocycles. The van der Waals surface area contributed by atoms with Crippen molar-refractivity contribution in [2.24, 2.45) is 0 Å². The lowest BCUT2D eigenvalue weighted by molar-refractivity contribution is 0.630. The number of fused-ring (bicyclic) bond motifs is 1. The highest BCUT2D eigenvalue weighted by Crippen LogP contribution is 2.28. The van der Waals surface area contributed by atoms with Crippen LogP contribution in [0.5, 0.6) is 0 Å². The van der Waals surface area contributed by atoms with Crippen molar-refractivity contribution in [1.82, 2.24) is 9.97 Å². The van der Waals surface area contributed by atoms with E-state index in [4.69, 9.17) is 23.2 Å². The standard InChI is InChI=1S/C8H2BrCl2FN2/c9-4-2-1-3-6(5(4)12)13-8(11)14-7(3)10/h1-2H. The first-order chi connectivity index (χ1) is 6.59. The minimum Gasteiger partial charge on any atom is -0.215 e.